The molecule has 0 spiro atoms. The lowest BCUT2D eigenvalue weighted by atomic mass is 9.79. The van der Waals surface area contributed by atoms with Crippen molar-refractivity contribution in [1.82, 2.24) is 10.2 Å². The first kappa shape index (κ1) is 17.0. The van der Waals surface area contributed by atoms with Crippen molar-refractivity contribution in [1.29, 1.82) is 0 Å². The molecule has 1 aliphatic heterocycles. The zero-order valence-corrected chi connectivity index (χ0v) is 14.1. The molecule has 2 atom stereocenters. The van der Waals surface area contributed by atoms with Crippen LogP contribution < -0.4 is 5.32 Å². The van der Waals surface area contributed by atoms with Gasteiger partial charge < -0.3 is 5.32 Å². The van der Waals surface area contributed by atoms with Crippen LogP contribution in [0.1, 0.15) is 67.2 Å². The van der Waals surface area contributed by atoms with Crippen molar-refractivity contribution in [3.05, 3.63) is 0 Å². The molecule has 0 aromatic carbocycles. The number of likely N-dealkylation sites (tertiary alicyclic amines) is 1. The molecule has 2 unspecified atom stereocenters. The van der Waals surface area contributed by atoms with Crippen LogP contribution in [0.15, 0.2) is 0 Å². The fourth-order valence-electron chi connectivity index (χ4n) is 3.28. The molecule has 0 amide bonds. The first-order chi connectivity index (χ1) is 8.94. The van der Waals surface area contributed by atoms with Gasteiger partial charge in [0.05, 0.1) is 0 Å². The largest absolute Gasteiger partial charge is 0.314 e. The van der Waals surface area contributed by atoms with Gasteiger partial charge in [-0.3, -0.25) is 4.90 Å². The molecule has 0 bridgehead atoms. The van der Waals surface area contributed by atoms with Gasteiger partial charge in [0.15, 0.2) is 0 Å². The highest BCUT2D eigenvalue weighted by molar-refractivity contribution is 4.88. The summed E-state index contributed by atoms with van der Waals surface area (Å²) in [5.74, 6) is 0.859. The standard InChI is InChI=1S/C17H36N2/c1-7-17(8-2,12-18-14(3)4)13-19-11-9-10-15(5)16(19)6/h14-16,18H,7-13H2,1-6H3. The highest BCUT2D eigenvalue weighted by Crippen LogP contribution is 2.31. The van der Waals surface area contributed by atoms with Gasteiger partial charge in [-0.05, 0) is 50.5 Å². The van der Waals surface area contributed by atoms with Gasteiger partial charge in [0.25, 0.3) is 0 Å². The first-order valence-electron chi connectivity index (χ1n) is 8.41. The van der Waals surface area contributed by atoms with Crippen molar-refractivity contribution in [2.75, 3.05) is 19.6 Å². The van der Waals surface area contributed by atoms with Crippen molar-refractivity contribution >= 4 is 0 Å². The van der Waals surface area contributed by atoms with Crippen molar-refractivity contribution < 1.29 is 0 Å². The third-order valence-corrected chi connectivity index (χ3v) is 5.43. The Hall–Kier alpha value is -0.0800. The average molecular weight is 268 g/mol. The molecule has 1 saturated heterocycles. The Balaban J connectivity index is 2.65. The fourth-order valence-corrected chi connectivity index (χ4v) is 3.28. The van der Waals surface area contributed by atoms with Gasteiger partial charge in [-0.1, -0.05) is 34.6 Å². The quantitative estimate of drug-likeness (QED) is 0.753. The number of rotatable bonds is 7. The maximum Gasteiger partial charge on any atom is 0.00928 e. The molecule has 2 nitrogen and oxygen atoms in total. The second-order valence-corrected chi connectivity index (χ2v) is 7.07. The molecule has 114 valence electrons. The molecule has 0 saturated carbocycles. The van der Waals surface area contributed by atoms with E-state index >= 15 is 0 Å². The van der Waals surface area contributed by atoms with Gasteiger partial charge in [0, 0.05) is 25.2 Å². The Kier molecular flexibility index (Phi) is 6.82. The van der Waals surface area contributed by atoms with Crippen LogP contribution in [0, 0.1) is 11.3 Å². The molecule has 1 aliphatic rings. The summed E-state index contributed by atoms with van der Waals surface area (Å²) in [7, 11) is 0. The van der Waals surface area contributed by atoms with Crippen molar-refractivity contribution in [2.45, 2.75) is 79.3 Å². The van der Waals surface area contributed by atoms with E-state index in [4.69, 9.17) is 0 Å². The minimum Gasteiger partial charge on any atom is -0.314 e. The summed E-state index contributed by atoms with van der Waals surface area (Å²) >= 11 is 0. The molecule has 1 N–H and O–H groups in total. The van der Waals surface area contributed by atoms with E-state index in [0.717, 1.165) is 18.5 Å². The lowest BCUT2D eigenvalue weighted by Crippen LogP contribution is -2.51. The van der Waals surface area contributed by atoms with Crippen molar-refractivity contribution in [3.63, 3.8) is 0 Å². The number of nitrogens with one attached hydrogen (secondary N) is 1. The lowest BCUT2D eigenvalue weighted by molar-refractivity contribution is 0.0533. The third-order valence-electron chi connectivity index (χ3n) is 5.43. The Bertz CT molecular complexity index is 246. The fraction of sp³-hybridized carbons (Fsp3) is 1.00. The van der Waals surface area contributed by atoms with E-state index in [9.17, 15) is 0 Å². The van der Waals surface area contributed by atoms with Gasteiger partial charge in [-0.2, -0.15) is 0 Å². The van der Waals surface area contributed by atoms with Crippen LogP contribution in [0.2, 0.25) is 0 Å². The summed E-state index contributed by atoms with van der Waals surface area (Å²) in [6.45, 7) is 17.8. The van der Waals surface area contributed by atoms with Gasteiger partial charge in [0.1, 0.15) is 0 Å². The SMILES string of the molecule is CCC(CC)(CNC(C)C)CN1CCCC(C)C1C. The molecule has 1 rings (SSSR count). The molecule has 0 radical (unpaired) electrons. The van der Waals surface area contributed by atoms with Crippen LogP contribution in [0.4, 0.5) is 0 Å². The topological polar surface area (TPSA) is 15.3 Å². The smallest absolute Gasteiger partial charge is 0.00928 e. The molecule has 2 heteroatoms. The number of hydrogen-bond acceptors (Lipinski definition) is 2. The zero-order valence-electron chi connectivity index (χ0n) is 14.1. The predicted molar refractivity (Wildman–Crippen MR) is 85.6 cm³/mol. The Labute approximate surface area is 121 Å². The summed E-state index contributed by atoms with van der Waals surface area (Å²) in [5.41, 5.74) is 0.454. The van der Waals surface area contributed by atoms with E-state index < -0.39 is 0 Å². The number of nitrogens with zero attached hydrogens (tertiary/aromatic N) is 1. The minimum atomic E-state index is 0.454. The molecule has 0 aromatic heterocycles. The molecule has 0 aromatic rings. The van der Waals surface area contributed by atoms with E-state index in [-0.39, 0.29) is 0 Å². The summed E-state index contributed by atoms with van der Waals surface area (Å²) in [4.78, 5) is 2.75. The summed E-state index contributed by atoms with van der Waals surface area (Å²) in [5, 5.41) is 3.68. The molecular weight excluding hydrogens is 232 g/mol. The van der Waals surface area contributed by atoms with E-state index in [0.29, 0.717) is 11.5 Å². The van der Waals surface area contributed by atoms with E-state index in [1.54, 1.807) is 0 Å². The van der Waals surface area contributed by atoms with Crippen LogP contribution in [0.3, 0.4) is 0 Å². The highest BCUT2D eigenvalue weighted by atomic mass is 15.2. The maximum atomic E-state index is 3.68. The van der Waals surface area contributed by atoms with Crippen LogP contribution in [-0.4, -0.2) is 36.6 Å². The van der Waals surface area contributed by atoms with E-state index in [1.165, 1.54) is 38.8 Å². The predicted octanol–water partition coefficient (Wildman–Crippen LogP) is 3.91. The van der Waals surface area contributed by atoms with Gasteiger partial charge in [0.2, 0.25) is 0 Å². The maximum absolute atomic E-state index is 3.68. The van der Waals surface area contributed by atoms with Crippen LogP contribution in [-0.2, 0) is 0 Å². The average Bonchev–Trinajstić information content (AvgIpc) is 2.39. The third kappa shape index (κ3) is 4.75. The van der Waals surface area contributed by atoms with Crippen molar-refractivity contribution in [2.24, 2.45) is 11.3 Å². The Morgan fingerprint density at radius 1 is 1.21 bits per heavy atom. The molecule has 0 aliphatic carbocycles. The highest BCUT2D eigenvalue weighted by Gasteiger charge is 2.33. The van der Waals surface area contributed by atoms with Crippen LogP contribution >= 0.6 is 0 Å². The van der Waals surface area contributed by atoms with E-state index in [2.05, 4.69) is 51.8 Å². The van der Waals surface area contributed by atoms with Gasteiger partial charge >= 0.3 is 0 Å². The monoisotopic (exact) mass is 268 g/mol. The second kappa shape index (κ2) is 7.64. The van der Waals surface area contributed by atoms with Gasteiger partial charge in [-0.25, -0.2) is 0 Å². The molecule has 1 fully saturated rings. The summed E-state index contributed by atoms with van der Waals surface area (Å²) in [6.07, 6.45) is 5.35. The normalized spacial score (nSPS) is 26.1. The van der Waals surface area contributed by atoms with E-state index in [1.807, 2.05) is 0 Å². The molecule has 19 heavy (non-hydrogen) atoms. The lowest BCUT2D eigenvalue weighted by Gasteiger charge is -2.44. The van der Waals surface area contributed by atoms with Crippen molar-refractivity contribution in [3.8, 4) is 0 Å². The Morgan fingerprint density at radius 2 is 1.84 bits per heavy atom. The van der Waals surface area contributed by atoms with Crippen LogP contribution in [0.25, 0.3) is 0 Å². The van der Waals surface area contributed by atoms with Gasteiger partial charge in [-0.15, -0.1) is 0 Å². The van der Waals surface area contributed by atoms with Crippen LogP contribution in [0.5, 0.6) is 0 Å². The number of hydrogen-bond donors (Lipinski definition) is 1. The number of piperidine rings is 1. The summed E-state index contributed by atoms with van der Waals surface area (Å²) in [6, 6.07) is 1.35. The first-order valence-corrected chi connectivity index (χ1v) is 8.41. The molecular formula is C17H36N2. The second-order valence-electron chi connectivity index (χ2n) is 7.07. The minimum absolute atomic E-state index is 0.454. The Morgan fingerprint density at radius 3 is 2.37 bits per heavy atom. The molecule has 1 heterocycles. The zero-order chi connectivity index (χ0) is 14.5. The summed E-state index contributed by atoms with van der Waals surface area (Å²) < 4.78 is 0.